The molecule has 8 nitrogen and oxygen atoms in total. The summed E-state index contributed by atoms with van der Waals surface area (Å²) in [5.41, 5.74) is 0.978. The molecule has 0 spiro atoms. The molecule has 0 saturated heterocycles. The van der Waals surface area contributed by atoms with Gasteiger partial charge in [-0.05, 0) is 36.4 Å². The number of hydrogen-bond acceptors (Lipinski definition) is 5. The second-order valence-corrected chi connectivity index (χ2v) is 5.20. The molecule has 4 aromatic rings. The fourth-order valence-corrected chi connectivity index (χ4v) is 2.68. The summed E-state index contributed by atoms with van der Waals surface area (Å²) in [7, 11) is 0. The largest absolute Gasteiger partial charge is 0.870 e. The summed E-state index contributed by atoms with van der Waals surface area (Å²) < 4.78 is 15.7. The highest BCUT2D eigenvalue weighted by Gasteiger charge is 2.27. The standard InChI is InChI=1S/C16H9FN4O3.H2O/c17-10-5-7-11(8-6-10)19-16(22)15-9-14(21(23)24)12-3-1-2-4-13(12)20(15)18-19;/h1-9H;1H2. The van der Waals surface area contributed by atoms with E-state index in [4.69, 9.17) is 0 Å². The molecule has 25 heavy (non-hydrogen) atoms. The number of aromatic hydroxyl groups is 1. The molecule has 2 N–H and O–H groups in total. The Balaban J connectivity index is 0.00000182. The molecule has 0 bridgehead atoms. The van der Waals surface area contributed by atoms with E-state index in [1.165, 1.54) is 39.5 Å². The van der Waals surface area contributed by atoms with E-state index in [2.05, 4.69) is 5.21 Å². The Morgan fingerprint density at radius 1 is 1.12 bits per heavy atom. The highest BCUT2D eigenvalue weighted by molar-refractivity contribution is 5.87. The van der Waals surface area contributed by atoms with Crippen LogP contribution in [0.3, 0.4) is 0 Å². The zero-order chi connectivity index (χ0) is 16.8. The van der Waals surface area contributed by atoms with Crippen molar-refractivity contribution in [1.29, 1.82) is 0 Å². The molecule has 0 amide bonds. The molecule has 0 aliphatic rings. The lowest BCUT2D eigenvalue weighted by Gasteiger charge is -1.96. The van der Waals surface area contributed by atoms with Gasteiger partial charge >= 0.3 is 5.88 Å². The first-order valence-corrected chi connectivity index (χ1v) is 7.02. The predicted octanol–water partition coefficient (Wildman–Crippen LogP) is 2.34. The number of rotatable bonds is 2. The van der Waals surface area contributed by atoms with Crippen molar-refractivity contribution < 1.29 is 24.4 Å². The Hall–Kier alpha value is -3.59. The van der Waals surface area contributed by atoms with E-state index in [0.29, 0.717) is 16.6 Å². The number of nitrogens with zero attached hydrogens (tertiary/aromatic N) is 4. The molecule has 0 saturated carbocycles. The van der Waals surface area contributed by atoms with E-state index in [9.17, 15) is 19.6 Å². The molecule has 0 fully saturated rings. The number of nitro groups is 1. The van der Waals surface area contributed by atoms with Crippen LogP contribution >= 0.6 is 0 Å². The number of para-hydroxylation sites is 1. The normalized spacial score (nSPS) is 10.8. The van der Waals surface area contributed by atoms with Crippen molar-refractivity contribution in [2.24, 2.45) is 0 Å². The van der Waals surface area contributed by atoms with Crippen molar-refractivity contribution >= 4 is 22.1 Å². The van der Waals surface area contributed by atoms with Crippen molar-refractivity contribution in [3.63, 3.8) is 0 Å². The lowest BCUT2D eigenvalue weighted by Crippen LogP contribution is -2.26. The van der Waals surface area contributed by atoms with Crippen LogP contribution in [-0.2, 0) is 0 Å². The van der Waals surface area contributed by atoms with Crippen LogP contribution < -0.4 is 4.52 Å². The summed E-state index contributed by atoms with van der Waals surface area (Å²) in [4.78, 5) is 10.8. The lowest BCUT2D eigenvalue weighted by molar-refractivity contribution is -0.556. The van der Waals surface area contributed by atoms with Gasteiger partial charge in [-0.3, -0.25) is 10.1 Å². The lowest BCUT2D eigenvalue weighted by atomic mass is 10.2. The SMILES string of the molecule is O=[N+]([O-])c1cc2c(O)n(-c3ccc(F)cc3)n[n+]2c2ccccc12.[OH-]. The molecular weight excluding hydrogens is 331 g/mol. The second-order valence-electron chi connectivity index (χ2n) is 5.20. The molecule has 0 aliphatic heterocycles. The van der Waals surface area contributed by atoms with Crippen molar-refractivity contribution in [1.82, 2.24) is 9.90 Å². The van der Waals surface area contributed by atoms with E-state index in [1.54, 1.807) is 24.3 Å². The number of aromatic nitrogens is 3. The maximum Gasteiger partial charge on any atom is 0.359 e. The van der Waals surface area contributed by atoms with Gasteiger partial charge in [-0.2, -0.15) is 0 Å². The molecule has 2 aromatic heterocycles. The maximum absolute atomic E-state index is 13.1. The average Bonchev–Trinajstić information content (AvgIpc) is 2.92. The summed E-state index contributed by atoms with van der Waals surface area (Å²) in [5.74, 6) is -0.681. The fraction of sp³-hybridized carbons (Fsp3) is 0. The second kappa shape index (κ2) is 5.80. The van der Waals surface area contributed by atoms with Gasteiger partial charge in [0, 0.05) is 0 Å². The summed E-state index contributed by atoms with van der Waals surface area (Å²) in [6.07, 6.45) is 0. The van der Waals surface area contributed by atoms with Crippen LogP contribution in [0.5, 0.6) is 5.88 Å². The number of benzene rings is 2. The highest BCUT2D eigenvalue weighted by Crippen LogP contribution is 2.28. The Labute approximate surface area is 139 Å². The molecule has 2 aromatic carbocycles. The van der Waals surface area contributed by atoms with Gasteiger partial charge in [0.05, 0.1) is 11.0 Å². The minimum absolute atomic E-state index is 0. The van der Waals surface area contributed by atoms with E-state index in [1.807, 2.05) is 0 Å². The van der Waals surface area contributed by atoms with Gasteiger partial charge in [0.1, 0.15) is 16.4 Å². The van der Waals surface area contributed by atoms with Gasteiger partial charge in [0.2, 0.25) is 5.52 Å². The van der Waals surface area contributed by atoms with Crippen molar-refractivity contribution in [3.8, 4) is 11.6 Å². The van der Waals surface area contributed by atoms with E-state index in [-0.39, 0.29) is 22.6 Å². The molecule has 0 unspecified atom stereocenters. The molecule has 2 heterocycles. The van der Waals surface area contributed by atoms with Gasteiger partial charge in [-0.1, -0.05) is 21.3 Å². The Morgan fingerprint density at radius 3 is 2.48 bits per heavy atom. The predicted molar refractivity (Wildman–Crippen MR) is 84.4 cm³/mol. The van der Waals surface area contributed by atoms with Crippen LogP contribution in [0.25, 0.3) is 22.1 Å². The highest BCUT2D eigenvalue weighted by atomic mass is 19.1. The smallest absolute Gasteiger partial charge is 0.359 e. The first-order chi connectivity index (χ1) is 11.6. The molecule has 9 heteroatoms. The summed E-state index contributed by atoms with van der Waals surface area (Å²) in [6, 6.07) is 13.4. The monoisotopic (exact) mass is 342 g/mol. The number of halogens is 1. The van der Waals surface area contributed by atoms with Gasteiger partial charge in [0.15, 0.2) is 11.2 Å². The van der Waals surface area contributed by atoms with E-state index >= 15 is 0 Å². The van der Waals surface area contributed by atoms with Crippen molar-refractivity contribution in [2.45, 2.75) is 0 Å². The van der Waals surface area contributed by atoms with Crippen LogP contribution in [0.4, 0.5) is 10.1 Å². The van der Waals surface area contributed by atoms with Crippen LogP contribution in [0, 0.1) is 15.9 Å². The molecule has 126 valence electrons. The van der Waals surface area contributed by atoms with Gasteiger partial charge in [-0.25, -0.2) is 4.39 Å². The van der Waals surface area contributed by atoms with Gasteiger partial charge in [-0.15, -0.1) is 0 Å². The average molecular weight is 342 g/mol. The molecule has 0 aliphatic carbocycles. The number of fused-ring (bicyclic) bond motifs is 3. The van der Waals surface area contributed by atoms with Crippen LogP contribution in [-0.4, -0.2) is 25.4 Å². The number of pyridine rings is 1. The van der Waals surface area contributed by atoms with Gasteiger partial charge in [0.25, 0.3) is 5.69 Å². The first-order valence-electron chi connectivity index (χ1n) is 7.02. The summed E-state index contributed by atoms with van der Waals surface area (Å²) in [6.45, 7) is 0. The molecule has 0 atom stereocenters. The summed E-state index contributed by atoms with van der Waals surface area (Å²) >= 11 is 0. The third-order valence-electron chi connectivity index (χ3n) is 3.79. The Bertz CT molecular complexity index is 1110. The van der Waals surface area contributed by atoms with E-state index in [0.717, 1.165) is 0 Å². The molecular formula is C16H11FN4O4. The first kappa shape index (κ1) is 16.3. The maximum atomic E-state index is 13.1. The fourth-order valence-electron chi connectivity index (χ4n) is 2.68. The van der Waals surface area contributed by atoms with Crippen LogP contribution in [0.2, 0.25) is 0 Å². The minimum Gasteiger partial charge on any atom is -0.870 e. The Morgan fingerprint density at radius 2 is 1.80 bits per heavy atom. The number of hydrogen-bond donors (Lipinski definition) is 1. The third-order valence-corrected chi connectivity index (χ3v) is 3.79. The van der Waals surface area contributed by atoms with E-state index < -0.39 is 10.7 Å². The Kier molecular flexibility index (Phi) is 3.78. The molecule has 4 rings (SSSR count). The van der Waals surface area contributed by atoms with Crippen molar-refractivity contribution in [2.75, 3.05) is 0 Å². The minimum atomic E-state index is -0.503. The van der Waals surface area contributed by atoms with Gasteiger partial charge < -0.3 is 10.6 Å². The van der Waals surface area contributed by atoms with Crippen LogP contribution in [0.1, 0.15) is 0 Å². The zero-order valence-corrected chi connectivity index (χ0v) is 12.6. The van der Waals surface area contributed by atoms with Crippen LogP contribution in [0.15, 0.2) is 54.6 Å². The quantitative estimate of drug-likeness (QED) is 0.341. The zero-order valence-electron chi connectivity index (χ0n) is 12.6. The third kappa shape index (κ3) is 2.42. The molecule has 0 radical (unpaired) electrons. The van der Waals surface area contributed by atoms with Crippen molar-refractivity contribution in [3.05, 3.63) is 70.5 Å². The summed E-state index contributed by atoms with van der Waals surface area (Å²) in [5, 5.41) is 26.5. The topological polar surface area (TPSA) is 115 Å².